The number of carbonyl (C=O) groups excluding carboxylic acids is 1. The van der Waals surface area contributed by atoms with Gasteiger partial charge in [-0.3, -0.25) is 14.6 Å². The van der Waals surface area contributed by atoms with E-state index in [2.05, 4.69) is 52.2 Å². The Labute approximate surface area is 164 Å². The second-order valence-electron chi connectivity index (χ2n) is 8.13. The first-order valence-corrected chi connectivity index (χ1v) is 10.4. The fraction of sp³-hybridized carbons (Fsp3) is 0.609. The molecule has 4 heteroatoms. The highest BCUT2D eigenvalue weighted by atomic mass is 16.2. The molecule has 1 amide bonds. The lowest BCUT2D eigenvalue weighted by Crippen LogP contribution is -2.49. The summed E-state index contributed by atoms with van der Waals surface area (Å²) in [6.45, 7) is 7.74. The fourth-order valence-electron chi connectivity index (χ4n) is 4.24. The summed E-state index contributed by atoms with van der Waals surface area (Å²) in [4.78, 5) is 17.4. The minimum atomic E-state index is -0.0782. The monoisotopic (exact) mass is 367 g/mol. The number of carbonyl (C=O) groups is 1. The van der Waals surface area contributed by atoms with Crippen LogP contribution in [0.5, 0.6) is 0 Å². The van der Waals surface area contributed by atoms with Gasteiger partial charge in [0.15, 0.2) is 0 Å². The van der Waals surface area contributed by atoms with Crippen molar-refractivity contribution < 1.29 is 4.79 Å². The highest BCUT2D eigenvalue weighted by molar-refractivity contribution is 5.81. The minimum Gasteiger partial charge on any atom is -0.351 e. The second-order valence-corrected chi connectivity index (χ2v) is 8.13. The largest absolute Gasteiger partial charge is 0.351 e. The van der Waals surface area contributed by atoms with Crippen molar-refractivity contribution in [3.05, 3.63) is 35.4 Å². The molecule has 2 heterocycles. The molecule has 2 saturated heterocycles. The number of piperidine rings is 2. The van der Waals surface area contributed by atoms with Crippen molar-refractivity contribution in [2.75, 3.05) is 26.2 Å². The zero-order valence-corrected chi connectivity index (χ0v) is 16.6. The molecule has 146 valence electrons. The molecule has 1 aromatic carbocycles. The highest BCUT2D eigenvalue weighted by Crippen LogP contribution is 2.20. The molecule has 3 rings (SSSR count). The fourth-order valence-corrected chi connectivity index (χ4v) is 4.24. The number of terminal acetylenes is 1. The minimum absolute atomic E-state index is 0.0782. The van der Waals surface area contributed by atoms with Crippen LogP contribution in [0.1, 0.15) is 50.2 Å². The van der Waals surface area contributed by atoms with Gasteiger partial charge in [-0.15, -0.1) is 6.42 Å². The summed E-state index contributed by atoms with van der Waals surface area (Å²) in [6, 6.07) is 8.43. The molecule has 0 bridgehead atoms. The van der Waals surface area contributed by atoms with Gasteiger partial charge in [0.2, 0.25) is 5.91 Å². The van der Waals surface area contributed by atoms with E-state index in [4.69, 9.17) is 6.42 Å². The molecule has 2 aliphatic rings. The Morgan fingerprint density at radius 3 is 2.63 bits per heavy atom. The van der Waals surface area contributed by atoms with Crippen molar-refractivity contribution in [1.82, 2.24) is 15.1 Å². The summed E-state index contributed by atoms with van der Waals surface area (Å²) < 4.78 is 0. The van der Waals surface area contributed by atoms with Crippen LogP contribution < -0.4 is 5.32 Å². The number of benzene rings is 1. The third-order valence-electron chi connectivity index (χ3n) is 6.05. The quantitative estimate of drug-likeness (QED) is 0.785. The predicted octanol–water partition coefficient (Wildman–Crippen LogP) is 3.02. The van der Waals surface area contributed by atoms with Gasteiger partial charge >= 0.3 is 0 Å². The molecule has 1 N–H and O–H groups in total. The van der Waals surface area contributed by atoms with E-state index < -0.39 is 0 Å². The third-order valence-corrected chi connectivity index (χ3v) is 6.05. The molecule has 0 spiro atoms. The van der Waals surface area contributed by atoms with Crippen molar-refractivity contribution in [1.29, 1.82) is 0 Å². The zero-order valence-electron chi connectivity index (χ0n) is 16.6. The number of amides is 1. The van der Waals surface area contributed by atoms with Crippen LogP contribution >= 0.6 is 0 Å². The second kappa shape index (κ2) is 9.92. The molecular weight excluding hydrogens is 334 g/mol. The summed E-state index contributed by atoms with van der Waals surface area (Å²) in [5.41, 5.74) is 2.56. The molecule has 0 aliphatic carbocycles. The topological polar surface area (TPSA) is 35.6 Å². The Morgan fingerprint density at radius 2 is 1.89 bits per heavy atom. The van der Waals surface area contributed by atoms with E-state index in [1.54, 1.807) is 0 Å². The Bertz CT molecular complexity index is 658. The highest BCUT2D eigenvalue weighted by Gasteiger charge is 2.27. The molecule has 2 fully saturated rings. The van der Waals surface area contributed by atoms with E-state index in [1.807, 2.05) is 0 Å². The zero-order chi connectivity index (χ0) is 19.1. The van der Waals surface area contributed by atoms with Gasteiger partial charge < -0.3 is 5.32 Å². The molecule has 2 aliphatic heterocycles. The van der Waals surface area contributed by atoms with Crippen LogP contribution in [0.4, 0.5) is 0 Å². The first-order chi connectivity index (χ1) is 13.2. The summed E-state index contributed by atoms with van der Waals surface area (Å²) in [6.07, 6.45) is 11.2. The van der Waals surface area contributed by atoms with E-state index in [-0.39, 0.29) is 11.9 Å². The number of nitrogens with one attached hydrogen (secondary N) is 1. The molecule has 27 heavy (non-hydrogen) atoms. The van der Waals surface area contributed by atoms with Gasteiger partial charge in [-0.25, -0.2) is 0 Å². The van der Waals surface area contributed by atoms with Crippen LogP contribution in [0.2, 0.25) is 0 Å². The number of rotatable bonds is 6. The van der Waals surface area contributed by atoms with Gasteiger partial charge in [-0.1, -0.05) is 43.5 Å². The summed E-state index contributed by atoms with van der Waals surface area (Å²) >= 11 is 0. The number of nitrogens with zero attached hydrogens (tertiary/aromatic N) is 2. The van der Waals surface area contributed by atoms with Crippen LogP contribution in [0.25, 0.3) is 0 Å². The average molecular weight is 368 g/mol. The van der Waals surface area contributed by atoms with Crippen LogP contribution in [0.15, 0.2) is 24.3 Å². The molecule has 0 radical (unpaired) electrons. The van der Waals surface area contributed by atoms with Gasteiger partial charge in [0.25, 0.3) is 0 Å². The lowest BCUT2D eigenvalue weighted by atomic mass is 9.98. The molecule has 1 unspecified atom stereocenters. The normalized spacial score (nSPS) is 22.3. The number of hydrogen-bond acceptors (Lipinski definition) is 3. The standard InChI is InChI=1S/C23H33N3O/c1-3-13-26-14-7-6-10-22(26)23(27)24-17-20-8-4-5-9-21(20)18-25-15-11-19(2)12-16-25/h1,4-5,8-9,19,22H,6-7,10-18H2,2H3,(H,24,27). The maximum absolute atomic E-state index is 12.8. The predicted molar refractivity (Wildman–Crippen MR) is 110 cm³/mol. The van der Waals surface area contributed by atoms with Gasteiger partial charge in [0.1, 0.15) is 0 Å². The lowest BCUT2D eigenvalue weighted by molar-refractivity contribution is -0.127. The lowest BCUT2D eigenvalue weighted by Gasteiger charge is -2.33. The Hall–Kier alpha value is -1.83. The first kappa shape index (κ1) is 19.9. The molecule has 1 aromatic rings. The van der Waals surface area contributed by atoms with Gasteiger partial charge in [0.05, 0.1) is 12.6 Å². The Balaban J connectivity index is 1.57. The van der Waals surface area contributed by atoms with E-state index in [0.29, 0.717) is 13.1 Å². The molecule has 4 nitrogen and oxygen atoms in total. The van der Waals surface area contributed by atoms with E-state index in [0.717, 1.165) is 38.3 Å². The van der Waals surface area contributed by atoms with Crippen molar-refractivity contribution in [3.63, 3.8) is 0 Å². The van der Waals surface area contributed by atoms with Gasteiger partial charge in [-0.05, 0) is 62.4 Å². The Morgan fingerprint density at radius 1 is 1.15 bits per heavy atom. The molecule has 1 atom stereocenters. The third kappa shape index (κ3) is 5.57. The average Bonchev–Trinajstić information content (AvgIpc) is 2.69. The van der Waals surface area contributed by atoms with Crippen LogP contribution in [-0.2, 0) is 17.9 Å². The maximum atomic E-state index is 12.8. The van der Waals surface area contributed by atoms with Crippen molar-refractivity contribution in [3.8, 4) is 12.3 Å². The maximum Gasteiger partial charge on any atom is 0.237 e. The molecule has 0 saturated carbocycles. The Kier molecular flexibility index (Phi) is 7.32. The summed E-state index contributed by atoms with van der Waals surface area (Å²) in [5, 5.41) is 3.17. The molecular formula is C23H33N3O. The van der Waals surface area contributed by atoms with Crippen LogP contribution in [0, 0.1) is 18.3 Å². The van der Waals surface area contributed by atoms with Crippen molar-refractivity contribution in [2.45, 2.75) is 58.2 Å². The van der Waals surface area contributed by atoms with E-state index in [1.165, 1.54) is 37.1 Å². The first-order valence-electron chi connectivity index (χ1n) is 10.4. The van der Waals surface area contributed by atoms with E-state index >= 15 is 0 Å². The summed E-state index contributed by atoms with van der Waals surface area (Å²) in [5.74, 6) is 3.66. The van der Waals surface area contributed by atoms with Gasteiger partial charge in [-0.2, -0.15) is 0 Å². The molecule has 0 aromatic heterocycles. The van der Waals surface area contributed by atoms with Crippen molar-refractivity contribution >= 4 is 5.91 Å². The van der Waals surface area contributed by atoms with Gasteiger partial charge in [0, 0.05) is 13.1 Å². The number of likely N-dealkylation sites (tertiary alicyclic amines) is 2. The van der Waals surface area contributed by atoms with E-state index in [9.17, 15) is 4.79 Å². The smallest absolute Gasteiger partial charge is 0.237 e. The number of hydrogen-bond donors (Lipinski definition) is 1. The van der Waals surface area contributed by atoms with Crippen LogP contribution in [-0.4, -0.2) is 47.9 Å². The van der Waals surface area contributed by atoms with Crippen molar-refractivity contribution in [2.24, 2.45) is 5.92 Å². The summed E-state index contributed by atoms with van der Waals surface area (Å²) in [7, 11) is 0. The van der Waals surface area contributed by atoms with Crippen LogP contribution in [0.3, 0.4) is 0 Å². The SMILES string of the molecule is C#CCN1CCCCC1C(=O)NCc1ccccc1CN1CCC(C)CC1.